The Labute approximate surface area is 338 Å². The van der Waals surface area contributed by atoms with Gasteiger partial charge in [-0.15, -0.1) is 0 Å². The zero-order valence-electron chi connectivity index (χ0n) is 34.4. The van der Waals surface area contributed by atoms with Crippen molar-refractivity contribution in [3.8, 4) is 0 Å². The van der Waals surface area contributed by atoms with Crippen LogP contribution in [0.25, 0.3) is 0 Å². The minimum Gasteiger partial charge on any atom is -0.481 e. The molecule has 0 aromatic rings. The number of carbonyl (C=O) groups is 4. The first kappa shape index (κ1) is 43.5. The Bertz CT molecular complexity index is 1670. The minimum absolute atomic E-state index is 0.00244. The number of aliphatic carboxylic acids is 1. The Morgan fingerprint density at radius 2 is 1.31 bits per heavy atom. The van der Waals surface area contributed by atoms with Crippen LogP contribution >= 0.6 is 0 Å². The van der Waals surface area contributed by atoms with Crippen LogP contribution in [-0.2, 0) is 47.6 Å². The molecule has 0 amide bonds. The third-order valence-corrected chi connectivity index (χ3v) is 17.0. The predicted octanol–water partition coefficient (Wildman–Crippen LogP) is 2.34. The summed E-state index contributed by atoms with van der Waals surface area (Å²) in [4.78, 5) is 49.8. The van der Waals surface area contributed by atoms with Gasteiger partial charge in [0.15, 0.2) is 18.4 Å². The van der Waals surface area contributed by atoms with Crippen LogP contribution in [0.4, 0.5) is 0 Å². The van der Waals surface area contributed by atoms with Crippen LogP contribution in [-0.4, -0.2) is 123 Å². The predicted molar refractivity (Wildman–Crippen MR) is 198 cm³/mol. The molecule has 0 radical (unpaired) electrons. The van der Waals surface area contributed by atoms with E-state index in [1.807, 2.05) is 13.0 Å². The van der Waals surface area contributed by atoms with Crippen molar-refractivity contribution < 1.29 is 78.2 Å². The van der Waals surface area contributed by atoms with Gasteiger partial charge in [0, 0.05) is 5.92 Å². The highest BCUT2D eigenvalue weighted by molar-refractivity contribution is 5.95. The van der Waals surface area contributed by atoms with Crippen LogP contribution in [0.3, 0.4) is 0 Å². The average molecular weight is 823 g/mol. The summed E-state index contributed by atoms with van der Waals surface area (Å²) in [7, 11) is 0. The van der Waals surface area contributed by atoms with Gasteiger partial charge in [-0.25, -0.2) is 0 Å². The molecule has 2 heterocycles. The third-order valence-electron chi connectivity index (χ3n) is 17.0. The first-order valence-electron chi connectivity index (χ1n) is 20.7. The third kappa shape index (κ3) is 6.41. The van der Waals surface area contributed by atoms with Gasteiger partial charge in [0.2, 0.25) is 12.6 Å². The molecular weight excluding hydrogens is 760 g/mol. The summed E-state index contributed by atoms with van der Waals surface area (Å²) in [6, 6.07) is 0. The van der Waals surface area contributed by atoms with Crippen molar-refractivity contribution in [3.05, 3.63) is 11.6 Å². The van der Waals surface area contributed by atoms with E-state index in [-0.39, 0.29) is 47.3 Å². The number of ketones is 1. The maximum atomic E-state index is 14.9. The lowest BCUT2D eigenvalue weighted by molar-refractivity contribution is -0.404. The standard InChI is InChI=1S/C42H62O16/c1-37(2)23-8-11-42(7)31(22(45)16-20-21-17-39(4,36(51)52)13-12-38(21,3)14-15-41(20,42)6)40(23,5)10-9-24(37)55-35-30(26(47)29(50)33(58-35)54-19-44)56-34-28(49)25(46)27(48)32(57-34)53-18-43/h16,18-19,21,23-35,46-50H,8-15,17H2,1-7H3,(H,51,52)/t21-,23-,24-,25-,26-,27-,28?,29+,30?,31+,32?,33?,34+,35-,38+,39-,40-,41+,42+/m0/s1. The van der Waals surface area contributed by atoms with Crippen molar-refractivity contribution in [1.29, 1.82) is 0 Å². The number of hydrogen-bond donors (Lipinski definition) is 6. The van der Waals surface area contributed by atoms with Gasteiger partial charge < -0.3 is 59.1 Å². The molecule has 19 atom stereocenters. The first-order valence-corrected chi connectivity index (χ1v) is 20.7. The molecule has 7 rings (SSSR count). The average Bonchev–Trinajstić information content (AvgIpc) is 3.15. The topological polar surface area (TPSA) is 245 Å². The number of aliphatic hydroxyl groups excluding tert-OH is 5. The monoisotopic (exact) mass is 822 g/mol. The molecule has 16 nitrogen and oxygen atoms in total. The molecule has 7 aliphatic rings. The first-order chi connectivity index (χ1) is 27.0. The quantitative estimate of drug-likeness (QED) is 0.144. The molecule has 4 saturated carbocycles. The summed E-state index contributed by atoms with van der Waals surface area (Å²) >= 11 is 0. The van der Waals surface area contributed by atoms with Gasteiger partial charge in [-0.05, 0) is 110 Å². The lowest BCUT2D eigenvalue weighted by Crippen LogP contribution is -2.68. The molecular formula is C42H62O16. The van der Waals surface area contributed by atoms with E-state index in [1.54, 1.807) is 0 Å². The smallest absolute Gasteiger partial charge is 0.309 e. The number of carbonyl (C=O) groups excluding carboxylic acids is 3. The fourth-order valence-corrected chi connectivity index (χ4v) is 13.2. The van der Waals surface area contributed by atoms with E-state index in [2.05, 4.69) is 41.5 Å². The second-order valence-corrected chi connectivity index (χ2v) is 20.3. The highest BCUT2D eigenvalue weighted by Crippen LogP contribution is 2.75. The highest BCUT2D eigenvalue weighted by atomic mass is 16.8. The molecule has 0 aromatic heterocycles. The van der Waals surface area contributed by atoms with Crippen LogP contribution in [0.1, 0.15) is 106 Å². The lowest BCUT2D eigenvalue weighted by atomic mass is 9.33. The molecule has 2 aliphatic heterocycles. The molecule has 58 heavy (non-hydrogen) atoms. The summed E-state index contributed by atoms with van der Waals surface area (Å²) in [5, 5.41) is 63.9. The van der Waals surface area contributed by atoms with Crippen molar-refractivity contribution in [2.45, 2.75) is 174 Å². The molecule has 2 saturated heterocycles. The summed E-state index contributed by atoms with van der Waals surface area (Å²) in [5.41, 5.74) is -1.59. The molecule has 6 N–H and O–H groups in total. The maximum Gasteiger partial charge on any atom is 0.309 e. The Morgan fingerprint density at radius 3 is 1.93 bits per heavy atom. The molecule has 0 spiro atoms. The molecule has 6 fully saturated rings. The second-order valence-electron chi connectivity index (χ2n) is 20.3. The Morgan fingerprint density at radius 1 is 0.724 bits per heavy atom. The van der Waals surface area contributed by atoms with Crippen molar-refractivity contribution in [3.63, 3.8) is 0 Å². The number of ether oxygens (including phenoxy) is 6. The molecule has 0 bridgehead atoms. The van der Waals surface area contributed by atoms with Gasteiger partial charge in [0.05, 0.1) is 11.5 Å². The van der Waals surface area contributed by atoms with Crippen LogP contribution < -0.4 is 0 Å². The lowest BCUT2D eigenvalue weighted by Gasteiger charge is -2.70. The number of carboxylic acid groups (broad SMARTS) is 1. The van der Waals surface area contributed by atoms with Crippen molar-refractivity contribution in [1.82, 2.24) is 0 Å². The Balaban J connectivity index is 1.17. The van der Waals surface area contributed by atoms with Crippen LogP contribution in [0.2, 0.25) is 0 Å². The van der Waals surface area contributed by atoms with E-state index in [1.165, 1.54) is 0 Å². The van der Waals surface area contributed by atoms with E-state index in [0.717, 1.165) is 37.7 Å². The number of rotatable bonds is 9. The van der Waals surface area contributed by atoms with E-state index in [0.29, 0.717) is 25.7 Å². The SMILES string of the molecule is CC1(C)[C@@H](O[C@H]2OC(OC=O)[C@H](O)[C@H](O)C2O[C@@H]2OC(OC=O)[C@@H](O)[C@H](O)C2O)CC[C@]2(C)[C@H]3C(=O)C=C4[C@@H]5C[C@@](C)(C(=O)O)CC[C@]5(C)CC[C@@]4(C)[C@]3(C)CC[C@@H]12. The van der Waals surface area contributed by atoms with Crippen LogP contribution in [0.5, 0.6) is 0 Å². The summed E-state index contributed by atoms with van der Waals surface area (Å²) < 4.78 is 33.5. The number of aliphatic hydroxyl groups is 5. The van der Waals surface area contributed by atoms with E-state index in [9.17, 15) is 49.8 Å². The Hall–Kier alpha value is -2.54. The zero-order chi connectivity index (χ0) is 42.5. The number of allylic oxidation sites excluding steroid dienone is 2. The van der Waals surface area contributed by atoms with E-state index < -0.39 is 95.5 Å². The largest absolute Gasteiger partial charge is 0.481 e. The van der Waals surface area contributed by atoms with Crippen molar-refractivity contribution in [2.75, 3.05) is 0 Å². The van der Waals surface area contributed by atoms with Gasteiger partial charge in [-0.3, -0.25) is 19.2 Å². The molecule has 16 heteroatoms. The summed E-state index contributed by atoms with van der Waals surface area (Å²) in [5.74, 6) is -1.05. The second kappa shape index (κ2) is 14.8. The van der Waals surface area contributed by atoms with Crippen LogP contribution in [0, 0.1) is 50.2 Å². The van der Waals surface area contributed by atoms with E-state index in [4.69, 9.17) is 28.4 Å². The fourth-order valence-electron chi connectivity index (χ4n) is 13.2. The number of fused-ring (bicyclic) bond motifs is 7. The van der Waals surface area contributed by atoms with Gasteiger partial charge >= 0.3 is 5.97 Å². The fraction of sp³-hybridized carbons (Fsp3) is 0.857. The summed E-state index contributed by atoms with van der Waals surface area (Å²) in [6.07, 6.45) is -10.0. The molecule has 0 aromatic carbocycles. The molecule has 4 unspecified atom stereocenters. The zero-order valence-corrected chi connectivity index (χ0v) is 34.4. The van der Waals surface area contributed by atoms with Crippen molar-refractivity contribution in [2.24, 2.45) is 50.2 Å². The van der Waals surface area contributed by atoms with Gasteiger partial charge in [0.25, 0.3) is 12.9 Å². The normalized spacial score (nSPS) is 52.4. The Kier molecular flexibility index (Phi) is 11.1. The maximum absolute atomic E-state index is 14.9. The van der Waals surface area contributed by atoms with Gasteiger partial charge in [-0.1, -0.05) is 47.1 Å². The van der Waals surface area contributed by atoms with Crippen molar-refractivity contribution >= 4 is 24.7 Å². The van der Waals surface area contributed by atoms with Gasteiger partial charge in [-0.2, -0.15) is 0 Å². The number of carboxylic acids is 1. The van der Waals surface area contributed by atoms with Gasteiger partial charge in [0.1, 0.15) is 36.6 Å². The number of hydrogen-bond acceptors (Lipinski definition) is 15. The highest BCUT2D eigenvalue weighted by Gasteiger charge is 2.71. The van der Waals surface area contributed by atoms with E-state index >= 15 is 0 Å². The molecule has 326 valence electrons. The minimum atomic E-state index is -1.90. The van der Waals surface area contributed by atoms with Crippen LogP contribution in [0.15, 0.2) is 11.6 Å². The molecule has 5 aliphatic carbocycles. The summed E-state index contributed by atoms with van der Waals surface area (Å²) in [6.45, 7) is 15.1.